The quantitative estimate of drug-likeness (QED) is 0.848. The van der Waals surface area contributed by atoms with E-state index in [1.165, 1.54) is 0 Å². The molecule has 24 heavy (non-hydrogen) atoms. The fourth-order valence-corrected chi connectivity index (χ4v) is 4.02. The molecule has 2 aromatic carbocycles. The molecule has 124 valence electrons. The summed E-state index contributed by atoms with van der Waals surface area (Å²) < 4.78 is 0. The molecule has 1 aliphatic rings. The van der Waals surface area contributed by atoms with Gasteiger partial charge in [-0.2, -0.15) is 0 Å². The fourth-order valence-electron chi connectivity index (χ4n) is 3.62. The maximum atomic E-state index is 11.7. The summed E-state index contributed by atoms with van der Waals surface area (Å²) in [5.41, 5.74) is 1.44. The number of carboxylic acid groups (broad SMARTS) is 2. The van der Waals surface area contributed by atoms with E-state index in [-0.39, 0.29) is 0 Å². The molecule has 4 atom stereocenters. The topological polar surface area (TPSA) is 74.6 Å². The minimum Gasteiger partial charge on any atom is -0.481 e. The summed E-state index contributed by atoms with van der Waals surface area (Å²) in [6.07, 6.45) is 0. The lowest BCUT2D eigenvalue weighted by atomic mass is 9.52. The number of aliphatic carboxylic acids is 2. The van der Waals surface area contributed by atoms with Gasteiger partial charge in [-0.15, -0.1) is 0 Å². The van der Waals surface area contributed by atoms with E-state index in [2.05, 4.69) is 0 Å². The zero-order valence-electron chi connectivity index (χ0n) is 12.4. The molecule has 0 aromatic heterocycles. The molecule has 6 heteroatoms. The van der Waals surface area contributed by atoms with Gasteiger partial charge < -0.3 is 10.2 Å². The van der Waals surface area contributed by atoms with Crippen LogP contribution in [-0.2, 0) is 9.59 Å². The van der Waals surface area contributed by atoms with Gasteiger partial charge in [0.2, 0.25) is 0 Å². The Bertz CT molecular complexity index is 738. The van der Waals surface area contributed by atoms with Gasteiger partial charge in [-0.3, -0.25) is 9.59 Å². The fraction of sp³-hybridized carbons (Fsp3) is 0.222. The van der Waals surface area contributed by atoms with E-state index in [9.17, 15) is 19.8 Å². The Morgan fingerprint density at radius 1 is 0.750 bits per heavy atom. The summed E-state index contributed by atoms with van der Waals surface area (Å²) in [5, 5.41) is 20.1. The summed E-state index contributed by atoms with van der Waals surface area (Å²) in [6.45, 7) is 0. The molecule has 3 rings (SSSR count). The van der Waals surface area contributed by atoms with Gasteiger partial charge in [0.05, 0.1) is 11.8 Å². The Morgan fingerprint density at radius 2 is 1.12 bits per heavy atom. The van der Waals surface area contributed by atoms with Crippen molar-refractivity contribution < 1.29 is 19.8 Å². The van der Waals surface area contributed by atoms with Crippen LogP contribution in [0.15, 0.2) is 48.5 Å². The largest absolute Gasteiger partial charge is 0.481 e. The first-order valence-electron chi connectivity index (χ1n) is 7.36. The maximum absolute atomic E-state index is 11.7. The van der Waals surface area contributed by atoms with Gasteiger partial charge in [0.25, 0.3) is 0 Å². The summed E-state index contributed by atoms with van der Waals surface area (Å²) in [4.78, 5) is 23.4. The van der Waals surface area contributed by atoms with Crippen molar-refractivity contribution in [2.24, 2.45) is 11.8 Å². The normalized spacial score (nSPS) is 25.8. The second-order valence-corrected chi connectivity index (χ2v) is 6.76. The van der Waals surface area contributed by atoms with Gasteiger partial charge in [-0.1, -0.05) is 47.5 Å². The molecule has 2 aromatic rings. The lowest BCUT2D eigenvalue weighted by Gasteiger charge is -2.48. The number of hydrogen-bond donors (Lipinski definition) is 2. The van der Waals surface area contributed by atoms with Crippen molar-refractivity contribution in [1.82, 2.24) is 0 Å². The van der Waals surface area contributed by atoms with Crippen molar-refractivity contribution in [3.05, 3.63) is 69.7 Å². The van der Waals surface area contributed by atoms with Crippen molar-refractivity contribution in [2.45, 2.75) is 11.8 Å². The minimum absolute atomic E-state index is 0.472. The van der Waals surface area contributed by atoms with Crippen molar-refractivity contribution in [3.8, 4) is 0 Å². The number of benzene rings is 2. The number of rotatable bonds is 4. The van der Waals surface area contributed by atoms with Crippen LogP contribution in [0.5, 0.6) is 0 Å². The van der Waals surface area contributed by atoms with Crippen molar-refractivity contribution >= 4 is 35.1 Å². The van der Waals surface area contributed by atoms with E-state index in [0.29, 0.717) is 10.0 Å². The van der Waals surface area contributed by atoms with Crippen molar-refractivity contribution in [1.29, 1.82) is 0 Å². The third-order valence-corrected chi connectivity index (χ3v) is 5.06. The lowest BCUT2D eigenvalue weighted by molar-refractivity contribution is -0.164. The summed E-state index contributed by atoms with van der Waals surface area (Å²) in [6, 6.07) is 13.8. The zero-order valence-corrected chi connectivity index (χ0v) is 13.9. The predicted molar refractivity (Wildman–Crippen MR) is 90.6 cm³/mol. The highest BCUT2D eigenvalue weighted by molar-refractivity contribution is 6.31. The molecule has 0 aliphatic heterocycles. The Labute approximate surface area is 148 Å². The molecule has 0 bridgehead atoms. The maximum Gasteiger partial charge on any atom is 0.308 e. The Balaban J connectivity index is 2.10. The highest BCUT2D eigenvalue weighted by Gasteiger charge is 2.58. The first kappa shape index (κ1) is 16.8. The molecule has 2 N–H and O–H groups in total. The van der Waals surface area contributed by atoms with Crippen LogP contribution in [0.1, 0.15) is 23.0 Å². The molecule has 0 heterocycles. The number of halogens is 2. The van der Waals surface area contributed by atoms with E-state index in [1.807, 2.05) is 0 Å². The van der Waals surface area contributed by atoms with Crippen LogP contribution in [-0.4, -0.2) is 22.2 Å². The van der Waals surface area contributed by atoms with E-state index < -0.39 is 35.6 Å². The van der Waals surface area contributed by atoms with Crippen molar-refractivity contribution in [2.75, 3.05) is 0 Å². The molecule has 0 saturated heterocycles. The summed E-state index contributed by atoms with van der Waals surface area (Å²) in [7, 11) is 0. The monoisotopic (exact) mass is 364 g/mol. The molecule has 4 nitrogen and oxygen atoms in total. The third kappa shape index (κ3) is 2.87. The Kier molecular flexibility index (Phi) is 4.52. The first-order chi connectivity index (χ1) is 11.4. The smallest absolute Gasteiger partial charge is 0.308 e. The van der Waals surface area contributed by atoms with E-state index >= 15 is 0 Å². The molecular formula is C18H14Cl2O4. The predicted octanol–water partition coefficient (Wildman–Crippen LogP) is 4.28. The van der Waals surface area contributed by atoms with E-state index in [4.69, 9.17) is 23.2 Å². The molecule has 0 radical (unpaired) electrons. The zero-order chi connectivity index (χ0) is 17.4. The van der Waals surface area contributed by atoms with Crippen LogP contribution in [0.3, 0.4) is 0 Å². The van der Waals surface area contributed by atoms with Gasteiger partial charge in [-0.25, -0.2) is 0 Å². The van der Waals surface area contributed by atoms with Gasteiger partial charge in [0.15, 0.2) is 0 Å². The molecule has 1 saturated carbocycles. The lowest BCUT2D eigenvalue weighted by Crippen LogP contribution is -2.51. The van der Waals surface area contributed by atoms with Gasteiger partial charge >= 0.3 is 11.9 Å². The SMILES string of the molecule is O=C(O)[C@@H]1[C@H](C(=O)O)[C@@H](c2cccc(Cl)c2)[C@H]1c1cccc(Cl)c1. The summed E-state index contributed by atoms with van der Waals surface area (Å²) in [5.74, 6) is -5.20. The Hall–Kier alpha value is -2.04. The van der Waals surface area contributed by atoms with Gasteiger partial charge in [-0.05, 0) is 35.4 Å². The average molecular weight is 365 g/mol. The second-order valence-electron chi connectivity index (χ2n) is 5.89. The molecule has 1 fully saturated rings. The molecule has 0 unspecified atom stereocenters. The molecule has 0 amide bonds. The van der Waals surface area contributed by atoms with Crippen LogP contribution < -0.4 is 0 Å². The number of hydrogen-bond acceptors (Lipinski definition) is 2. The number of carbonyl (C=O) groups is 2. The molecule has 0 spiro atoms. The van der Waals surface area contributed by atoms with E-state index in [1.54, 1.807) is 48.5 Å². The second kappa shape index (κ2) is 6.46. The van der Waals surface area contributed by atoms with Crippen LogP contribution in [0.2, 0.25) is 10.0 Å². The van der Waals surface area contributed by atoms with Crippen LogP contribution in [0, 0.1) is 11.8 Å². The van der Waals surface area contributed by atoms with Crippen LogP contribution in [0.25, 0.3) is 0 Å². The first-order valence-corrected chi connectivity index (χ1v) is 8.12. The standard InChI is InChI=1S/C18H14Cl2O4/c19-11-5-1-3-9(7-11)13-14(10-4-2-6-12(20)8-10)16(18(23)24)15(13)17(21)22/h1-8,13-16H,(H,21,22)(H,23,24)/t13-,14+,15+,16-. The van der Waals surface area contributed by atoms with Crippen LogP contribution >= 0.6 is 23.2 Å². The average Bonchev–Trinajstić information content (AvgIpc) is 2.45. The molecule has 1 aliphatic carbocycles. The Morgan fingerprint density at radius 3 is 1.42 bits per heavy atom. The van der Waals surface area contributed by atoms with E-state index in [0.717, 1.165) is 11.1 Å². The highest BCUT2D eigenvalue weighted by atomic mass is 35.5. The van der Waals surface area contributed by atoms with Crippen molar-refractivity contribution in [3.63, 3.8) is 0 Å². The summed E-state index contributed by atoms with van der Waals surface area (Å²) >= 11 is 12.1. The third-order valence-electron chi connectivity index (χ3n) is 4.59. The molecular weight excluding hydrogens is 351 g/mol. The number of carboxylic acids is 2. The van der Waals surface area contributed by atoms with Gasteiger partial charge in [0.1, 0.15) is 0 Å². The minimum atomic E-state index is -1.12. The van der Waals surface area contributed by atoms with Crippen LogP contribution in [0.4, 0.5) is 0 Å². The van der Waals surface area contributed by atoms with Gasteiger partial charge in [0, 0.05) is 21.9 Å². The highest BCUT2D eigenvalue weighted by Crippen LogP contribution is 2.58.